The molecule has 0 aliphatic heterocycles. The number of alkyl halides is 6. The van der Waals surface area contributed by atoms with E-state index < -0.39 is 41.7 Å². The van der Waals surface area contributed by atoms with Crippen LogP contribution in [-0.2, 0) is 0 Å². The van der Waals surface area contributed by atoms with Gasteiger partial charge in [0.1, 0.15) is 5.82 Å². The highest BCUT2D eigenvalue weighted by molar-refractivity contribution is 5.39. The molecule has 0 amide bonds. The first-order valence-corrected chi connectivity index (χ1v) is 5.75. The molecule has 8 heteroatoms. The Bertz CT molecular complexity index is 578. The average Bonchev–Trinajstić information content (AvgIpc) is 2.37. The molecule has 0 saturated carbocycles. The van der Waals surface area contributed by atoms with E-state index in [-0.39, 0.29) is 11.8 Å². The largest absolute Gasteiger partial charge is 0.416 e. The number of halogens is 7. The molecule has 1 aliphatic rings. The van der Waals surface area contributed by atoms with Crippen molar-refractivity contribution in [1.82, 2.24) is 4.98 Å². The molecular formula is C13H8F7N. The molecule has 0 aromatic carbocycles. The first kappa shape index (κ1) is 15.5. The van der Waals surface area contributed by atoms with Gasteiger partial charge >= 0.3 is 12.4 Å². The third-order valence-corrected chi connectivity index (χ3v) is 2.97. The van der Waals surface area contributed by atoms with E-state index in [1.165, 1.54) is 0 Å². The van der Waals surface area contributed by atoms with Gasteiger partial charge in [-0.05, 0) is 24.6 Å². The predicted molar refractivity (Wildman–Crippen MR) is 59.8 cm³/mol. The zero-order valence-electron chi connectivity index (χ0n) is 10.3. The van der Waals surface area contributed by atoms with Gasteiger partial charge in [0.2, 0.25) is 0 Å². The first-order chi connectivity index (χ1) is 9.57. The van der Waals surface area contributed by atoms with Gasteiger partial charge in [0.15, 0.2) is 0 Å². The van der Waals surface area contributed by atoms with Crippen molar-refractivity contribution < 1.29 is 30.7 Å². The fraction of sp³-hybridized carbons (Fsp3) is 0.308. The van der Waals surface area contributed by atoms with Gasteiger partial charge in [-0.15, -0.1) is 0 Å². The minimum atomic E-state index is -4.89. The van der Waals surface area contributed by atoms with Crippen LogP contribution in [0.1, 0.15) is 18.0 Å². The van der Waals surface area contributed by atoms with Crippen molar-refractivity contribution in [1.29, 1.82) is 0 Å². The molecule has 0 spiro atoms. The molecule has 1 heterocycles. The lowest BCUT2D eigenvalue weighted by atomic mass is 9.87. The van der Waals surface area contributed by atoms with E-state index >= 15 is 0 Å². The monoisotopic (exact) mass is 311 g/mol. The van der Waals surface area contributed by atoms with Crippen LogP contribution in [0.15, 0.2) is 41.6 Å². The number of hydrogen-bond acceptors (Lipinski definition) is 1. The lowest BCUT2D eigenvalue weighted by Crippen LogP contribution is -2.22. The third-order valence-electron chi connectivity index (χ3n) is 2.97. The quantitative estimate of drug-likeness (QED) is 0.686. The van der Waals surface area contributed by atoms with Gasteiger partial charge in [-0.2, -0.15) is 26.3 Å². The third kappa shape index (κ3) is 3.62. The van der Waals surface area contributed by atoms with Crippen LogP contribution in [0.25, 0.3) is 0 Å². The molecule has 1 aromatic heterocycles. The second-order valence-corrected chi connectivity index (χ2v) is 4.50. The number of allylic oxidation sites excluding steroid dienone is 4. The van der Waals surface area contributed by atoms with Crippen molar-refractivity contribution in [3.63, 3.8) is 0 Å². The Kier molecular flexibility index (Phi) is 3.81. The summed E-state index contributed by atoms with van der Waals surface area (Å²) in [5.41, 5.74) is -2.71. The standard InChI is InChI=1S/C13H8F7N/c14-10-1-2-11(21-6-10)7-3-8(12(15,16)17)5-9(4-7)13(18,19)20/h1-3,5-7H,4H2. The topological polar surface area (TPSA) is 12.9 Å². The van der Waals surface area contributed by atoms with Crippen molar-refractivity contribution in [3.05, 3.63) is 53.1 Å². The predicted octanol–water partition coefficient (Wildman–Crippen LogP) is 4.69. The molecule has 1 nitrogen and oxygen atoms in total. The van der Waals surface area contributed by atoms with Crippen molar-refractivity contribution >= 4 is 0 Å². The van der Waals surface area contributed by atoms with Crippen LogP contribution in [0.4, 0.5) is 30.7 Å². The Hall–Kier alpha value is -1.86. The molecule has 0 radical (unpaired) electrons. The molecular weight excluding hydrogens is 303 g/mol. The van der Waals surface area contributed by atoms with Crippen LogP contribution in [0, 0.1) is 5.82 Å². The number of nitrogens with zero attached hydrogens (tertiary/aromatic N) is 1. The number of rotatable bonds is 1. The smallest absolute Gasteiger partial charge is 0.258 e. The van der Waals surface area contributed by atoms with Gasteiger partial charge in [0, 0.05) is 17.2 Å². The highest BCUT2D eigenvalue weighted by Gasteiger charge is 2.42. The molecule has 114 valence electrons. The van der Waals surface area contributed by atoms with Gasteiger partial charge in [0.25, 0.3) is 0 Å². The number of hydrogen-bond donors (Lipinski definition) is 0. The van der Waals surface area contributed by atoms with Crippen molar-refractivity contribution in [2.75, 3.05) is 0 Å². The summed E-state index contributed by atoms with van der Waals surface area (Å²) < 4.78 is 89.0. The van der Waals surface area contributed by atoms with Crippen molar-refractivity contribution in [2.24, 2.45) is 0 Å². The van der Waals surface area contributed by atoms with E-state index in [1.807, 2.05) is 0 Å². The van der Waals surface area contributed by atoms with E-state index in [2.05, 4.69) is 4.98 Å². The van der Waals surface area contributed by atoms with Gasteiger partial charge in [-0.25, -0.2) is 4.39 Å². The van der Waals surface area contributed by atoms with Gasteiger partial charge in [-0.1, -0.05) is 6.08 Å². The lowest BCUT2D eigenvalue weighted by Gasteiger charge is -2.24. The minimum Gasteiger partial charge on any atom is -0.258 e. The number of pyridine rings is 1. The van der Waals surface area contributed by atoms with Crippen LogP contribution in [-0.4, -0.2) is 17.3 Å². The molecule has 1 aromatic rings. The summed E-state index contributed by atoms with van der Waals surface area (Å²) in [5.74, 6) is -1.93. The fourth-order valence-electron chi connectivity index (χ4n) is 1.98. The highest BCUT2D eigenvalue weighted by Crippen LogP contribution is 2.42. The minimum absolute atomic E-state index is 0.0481. The SMILES string of the molecule is Fc1ccc(C2C=C(C(F)(F)F)C=C(C(F)(F)F)C2)nc1. The molecule has 1 unspecified atom stereocenters. The van der Waals surface area contributed by atoms with Gasteiger partial charge in [0.05, 0.1) is 11.8 Å². The van der Waals surface area contributed by atoms with E-state index in [4.69, 9.17) is 0 Å². The Morgan fingerprint density at radius 2 is 1.67 bits per heavy atom. The summed E-state index contributed by atoms with van der Waals surface area (Å²) in [5, 5.41) is 0. The highest BCUT2D eigenvalue weighted by atomic mass is 19.4. The Labute approximate surface area is 114 Å². The van der Waals surface area contributed by atoms with Crippen molar-refractivity contribution in [2.45, 2.75) is 24.7 Å². The maximum Gasteiger partial charge on any atom is 0.416 e. The maximum atomic E-state index is 12.7. The molecule has 21 heavy (non-hydrogen) atoms. The second kappa shape index (κ2) is 5.16. The van der Waals surface area contributed by atoms with Crippen LogP contribution >= 0.6 is 0 Å². The summed E-state index contributed by atoms with van der Waals surface area (Å²) in [6, 6.07) is 2.01. The van der Waals surface area contributed by atoms with E-state index in [0.29, 0.717) is 6.08 Å². The molecule has 2 rings (SSSR count). The molecule has 0 saturated heterocycles. The van der Waals surface area contributed by atoms with E-state index in [0.717, 1.165) is 18.3 Å². The molecule has 0 bridgehead atoms. The van der Waals surface area contributed by atoms with Crippen molar-refractivity contribution in [3.8, 4) is 0 Å². The summed E-state index contributed by atoms with van der Waals surface area (Å²) in [6.07, 6.45) is -8.89. The Balaban J connectivity index is 2.43. The van der Waals surface area contributed by atoms with E-state index in [1.54, 1.807) is 0 Å². The van der Waals surface area contributed by atoms with Crippen LogP contribution in [0.5, 0.6) is 0 Å². The van der Waals surface area contributed by atoms with E-state index in [9.17, 15) is 30.7 Å². The zero-order valence-corrected chi connectivity index (χ0v) is 10.3. The summed E-state index contributed by atoms with van der Waals surface area (Å²) >= 11 is 0. The second-order valence-electron chi connectivity index (χ2n) is 4.50. The Morgan fingerprint density at radius 3 is 2.14 bits per heavy atom. The lowest BCUT2D eigenvalue weighted by molar-refractivity contribution is -0.0992. The van der Waals surface area contributed by atoms with Gasteiger partial charge in [-0.3, -0.25) is 4.98 Å². The summed E-state index contributed by atoms with van der Waals surface area (Å²) in [4.78, 5) is 3.55. The average molecular weight is 311 g/mol. The molecule has 1 aliphatic carbocycles. The van der Waals surface area contributed by atoms with Crippen LogP contribution in [0.3, 0.4) is 0 Å². The molecule has 0 fully saturated rings. The number of aromatic nitrogens is 1. The summed E-state index contributed by atoms with van der Waals surface area (Å²) in [7, 11) is 0. The maximum absolute atomic E-state index is 12.7. The van der Waals surface area contributed by atoms with Gasteiger partial charge < -0.3 is 0 Å². The Morgan fingerprint density at radius 1 is 1.00 bits per heavy atom. The molecule has 1 atom stereocenters. The summed E-state index contributed by atoms with van der Waals surface area (Å²) in [6.45, 7) is 0. The normalized spacial score (nSPS) is 20.0. The molecule has 0 N–H and O–H groups in total. The van der Waals surface area contributed by atoms with Crippen LogP contribution in [0.2, 0.25) is 0 Å². The zero-order chi connectivity index (χ0) is 15.8. The van der Waals surface area contributed by atoms with Crippen LogP contribution < -0.4 is 0 Å². The fourth-order valence-corrected chi connectivity index (χ4v) is 1.98. The first-order valence-electron chi connectivity index (χ1n) is 5.75.